The summed E-state index contributed by atoms with van der Waals surface area (Å²) < 4.78 is 1.70. The van der Waals surface area contributed by atoms with E-state index in [1.54, 1.807) is 10.6 Å². The molecule has 2 aromatic carbocycles. The Labute approximate surface area is 126 Å². The standard InChI is InChI=1S/C16H11ClN4/c17-14-8-9-15-18-19-16(21(15)20-14)10-12-6-3-5-11-4-1-2-7-13(11)12/h1-9H,10H2. The van der Waals surface area contributed by atoms with Gasteiger partial charge in [0, 0.05) is 6.42 Å². The van der Waals surface area contributed by atoms with Crippen molar-refractivity contribution in [3.8, 4) is 0 Å². The normalized spacial score (nSPS) is 11.3. The van der Waals surface area contributed by atoms with Crippen molar-refractivity contribution >= 4 is 28.0 Å². The molecule has 0 aliphatic carbocycles. The first-order valence-electron chi connectivity index (χ1n) is 6.65. The largest absolute Gasteiger partial charge is 0.196 e. The Hall–Kier alpha value is -2.46. The Kier molecular flexibility index (Phi) is 2.82. The summed E-state index contributed by atoms with van der Waals surface area (Å²) >= 11 is 5.96. The third-order valence-electron chi connectivity index (χ3n) is 3.52. The van der Waals surface area contributed by atoms with Crippen LogP contribution in [0.1, 0.15) is 11.4 Å². The fourth-order valence-corrected chi connectivity index (χ4v) is 2.68. The molecule has 0 atom stereocenters. The van der Waals surface area contributed by atoms with Gasteiger partial charge in [0.25, 0.3) is 0 Å². The summed E-state index contributed by atoms with van der Waals surface area (Å²) in [5, 5.41) is 15.5. The molecule has 0 aliphatic rings. The van der Waals surface area contributed by atoms with Gasteiger partial charge in [-0.3, -0.25) is 0 Å². The molecule has 5 heteroatoms. The molecule has 2 heterocycles. The molecule has 0 saturated carbocycles. The predicted molar refractivity (Wildman–Crippen MR) is 82.5 cm³/mol. The van der Waals surface area contributed by atoms with E-state index in [2.05, 4.69) is 45.6 Å². The number of halogens is 1. The third kappa shape index (κ3) is 2.14. The molecule has 102 valence electrons. The highest BCUT2D eigenvalue weighted by Crippen LogP contribution is 2.21. The molecular formula is C16H11ClN4. The molecule has 4 rings (SSSR count). The van der Waals surface area contributed by atoms with Crippen molar-refractivity contribution < 1.29 is 0 Å². The maximum atomic E-state index is 5.96. The molecule has 0 aliphatic heterocycles. The Morgan fingerprint density at radius 2 is 1.76 bits per heavy atom. The van der Waals surface area contributed by atoms with Gasteiger partial charge in [-0.2, -0.15) is 9.61 Å². The summed E-state index contributed by atoms with van der Waals surface area (Å²) in [6.45, 7) is 0. The van der Waals surface area contributed by atoms with E-state index in [1.165, 1.54) is 16.3 Å². The third-order valence-corrected chi connectivity index (χ3v) is 3.72. The Morgan fingerprint density at radius 3 is 2.71 bits per heavy atom. The fraction of sp³-hybridized carbons (Fsp3) is 0.0625. The highest BCUT2D eigenvalue weighted by Gasteiger charge is 2.09. The molecule has 0 unspecified atom stereocenters. The molecule has 0 bridgehead atoms. The van der Waals surface area contributed by atoms with E-state index in [4.69, 9.17) is 11.6 Å². The van der Waals surface area contributed by atoms with Crippen LogP contribution in [0.25, 0.3) is 16.4 Å². The topological polar surface area (TPSA) is 43.1 Å². The average Bonchev–Trinajstić information content (AvgIpc) is 2.90. The maximum absolute atomic E-state index is 5.96. The number of nitrogens with zero attached hydrogens (tertiary/aromatic N) is 4. The summed E-state index contributed by atoms with van der Waals surface area (Å²) in [4.78, 5) is 0. The second-order valence-electron chi connectivity index (χ2n) is 4.86. The van der Waals surface area contributed by atoms with Gasteiger partial charge in [-0.25, -0.2) is 0 Å². The van der Waals surface area contributed by atoms with Crippen LogP contribution in [0.2, 0.25) is 5.15 Å². The lowest BCUT2D eigenvalue weighted by molar-refractivity contribution is 0.840. The van der Waals surface area contributed by atoms with Crippen LogP contribution >= 0.6 is 11.6 Å². The molecule has 0 saturated heterocycles. The molecule has 21 heavy (non-hydrogen) atoms. The molecule has 4 aromatic rings. The van der Waals surface area contributed by atoms with Crippen LogP contribution < -0.4 is 0 Å². The number of rotatable bonds is 2. The quantitative estimate of drug-likeness (QED) is 0.568. The van der Waals surface area contributed by atoms with Crippen molar-refractivity contribution in [1.29, 1.82) is 0 Å². The zero-order chi connectivity index (χ0) is 14.2. The lowest BCUT2D eigenvalue weighted by Crippen LogP contribution is -2.00. The molecule has 0 radical (unpaired) electrons. The van der Waals surface area contributed by atoms with Crippen LogP contribution in [0.5, 0.6) is 0 Å². The fourth-order valence-electron chi connectivity index (χ4n) is 2.54. The van der Waals surface area contributed by atoms with Gasteiger partial charge in [0.05, 0.1) is 0 Å². The second kappa shape index (κ2) is 4.82. The molecule has 4 nitrogen and oxygen atoms in total. The Balaban J connectivity index is 1.85. The first-order valence-corrected chi connectivity index (χ1v) is 7.02. The van der Waals surface area contributed by atoms with Gasteiger partial charge >= 0.3 is 0 Å². The summed E-state index contributed by atoms with van der Waals surface area (Å²) in [7, 11) is 0. The number of benzene rings is 2. The lowest BCUT2D eigenvalue weighted by Gasteiger charge is -2.05. The van der Waals surface area contributed by atoms with Crippen LogP contribution in [0.3, 0.4) is 0 Å². The van der Waals surface area contributed by atoms with Crippen LogP contribution in [0.4, 0.5) is 0 Å². The Bertz CT molecular complexity index is 940. The molecule has 2 aromatic heterocycles. The summed E-state index contributed by atoms with van der Waals surface area (Å²) in [5.41, 5.74) is 1.90. The van der Waals surface area contributed by atoms with Crippen LogP contribution in [0.15, 0.2) is 54.6 Å². The van der Waals surface area contributed by atoms with E-state index in [-0.39, 0.29) is 0 Å². The minimum Gasteiger partial charge on any atom is -0.196 e. The van der Waals surface area contributed by atoms with E-state index in [1.807, 2.05) is 18.2 Å². The highest BCUT2D eigenvalue weighted by molar-refractivity contribution is 6.29. The molecule has 0 fully saturated rings. The lowest BCUT2D eigenvalue weighted by atomic mass is 10.0. The van der Waals surface area contributed by atoms with Gasteiger partial charge in [-0.1, -0.05) is 54.1 Å². The molecule has 0 amide bonds. The zero-order valence-electron chi connectivity index (χ0n) is 11.1. The van der Waals surface area contributed by atoms with Crippen molar-refractivity contribution in [2.24, 2.45) is 0 Å². The van der Waals surface area contributed by atoms with E-state index in [9.17, 15) is 0 Å². The first-order chi connectivity index (χ1) is 10.3. The van der Waals surface area contributed by atoms with Crippen molar-refractivity contribution in [2.75, 3.05) is 0 Å². The molecule has 0 spiro atoms. The van der Waals surface area contributed by atoms with Gasteiger partial charge in [0.1, 0.15) is 5.15 Å². The van der Waals surface area contributed by atoms with Crippen molar-refractivity contribution in [2.45, 2.75) is 6.42 Å². The van der Waals surface area contributed by atoms with Crippen molar-refractivity contribution in [3.63, 3.8) is 0 Å². The van der Waals surface area contributed by atoms with Crippen LogP contribution in [-0.2, 0) is 6.42 Å². The monoisotopic (exact) mass is 294 g/mol. The van der Waals surface area contributed by atoms with E-state index in [0.29, 0.717) is 17.2 Å². The number of hydrogen-bond donors (Lipinski definition) is 0. The number of fused-ring (bicyclic) bond motifs is 2. The maximum Gasteiger partial charge on any atom is 0.178 e. The summed E-state index contributed by atoms with van der Waals surface area (Å²) in [6.07, 6.45) is 0.663. The van der Waals surface area contributed by atoms with Gasteiger partial charge in [0.15, 0.2) is 11.5 Å². The van der Waals surface area contributed by atoms with E-state index < -0.39 is 0 Å². The minimum atomic E-state index is 0.432. The summed E-state index contributed by atoms with van der Waals surface area (Å²) in [6, 6.07) is 18.1. The number of aromatic nitrogens is 4. The van der Waals surface area contributed by atoms with E-state index >= 15 is 0 Å². The van der Waals surface area contributed by atoms with Crippen molar-refractivity contribution in [3.05, 3.63) is 71.1 Å². The minimum absolute atomic E-state index is 0.432. The number of hydrogen-bond acceptors (Lipinski definition) is 3. The van der Waals surface area contributed by atoms with Gasteiger partial charge < -0.3 is 0 Å². The SMILES string of the molecule is Clc1ccc2nnc(Cc3cccc4ccccc34)n2n1. The molecular weight excluding hydrogens is 284 g/mol. The first kappa shape index (κ1) is 12.3. The summed E-state index contributed by atoms with van der Waals surface area (Å²) in [5.74, 6) is 0.781. The van der Waals surface area contributed by atoms with Crippen LogP contribution in [0, 0.1) is 0 Å². The highest BCUT2D eigenvalue weighted by atomic mass is 35.5. The average molecular weight is 295 g/mol. The van der Waals surface area contributed by atoms with Crippen molar-refractivity contribution in [1.82, 2.24) is 19.8 Å². The smallest absolute Gasteiger partial charge is 0.178 e. The van der Waals surface area contributed by atoms with Gasteiger partial charge in [-0.15, -0.1) is 10.2 Å². The van der Waals surface area contributed by atoms with E-state index in [0.717, 1.165) is 5.82 Å². The van der Waals surface area contributed by atoms with Gasteiger partial charge in [-0.05, 0) is 28.5 Å². The molecule has 0 N–H and O–H groups in total. The zero-order valence-corrected chi connectivity index (χ0v) is 11.8. The second-order valence-corrected chi connectivity index (χ2v) is 5.24. The van der Waals surface area contributed by atoms with Crippen LogP contribution in [-0.4, -0.2) is 19.8 Å². The Morgan fingerprint density at radius 1 is 0.905 bits per heavy atom. The predicted octanol–water partition coefficient (Wildman–Crippen LogP) is 3.52. The van der Waals surface area contributed by atoms with Gasteiger partial charge in [0.2, 0.25) is 0 Å².